The highest BCUT2D eigenvalue weighted by molar-refractivity contribution is 7.89. The normalized spacial score (nSPS) is 12.5. The first kappa shape index (κ1) is 18.8. The van der Waals surface area contributed by atoms with Crippen LogP contribution in [0.2, 0.25) is 0 Å². The van der Waals surface area contributed by atoms with Gasteiger partial charge in [0.05, 0.1) is 12.4 Å². The largest absolute Gasteiger partial charge is 0.380 e. The number of rotatable bonds is 12. The lowest BCUT2D eigenvalue weighted by atomic mass is 10.3. The minimum Gasteiger partial charge on any atom is -0.380 e. The van der Waals surface area contributed by atoms with Gasteiger partial charge >= 0.3 is 0 Å². The summed E-state index contributed by atoms with van der Waals surface area (Å²) in [5, 5.41) is 3.29. The van der Waals surface area contributed by atoms with E-state index in [2.05, 4.69) is 19.2 Å². The van der Waals surface area contributed by atoms with Gasteiger partial charge in [0.15, 0.2) is 0 Å². The number of hydrogen-bond acceptors (Lipinski definition) is 4. The average molecular weight is 294 g/mol. The smallest absolute Gasteiger partial charge is 0.214 e. The highest BCUT2D eigenvalue weighted by atomic mass is 32.2. The van der Waals surface area contributed by atoms with Crippen molar-refractivity contribution in [2.24, 2.45) is 0 Å². The second-order valence-corrected chi connectivity index (χ2v) is 6.91. The fourth-order valence-corrected chi connectivity index (χ4v) is 3.31. The number of nitrogens with one attached hydrogen (secondary N) is 1. The van der Waals surface area contributed by atoms with Crippen LogP contribution in [-0.4, -0.2) is 57.4 Å². The first-order valence-electron chi connectivity index (χ1n) is 7.23. The Morgan fingerprint density at radius 1 is 1.21 bits per heavy atom. The zero-order valence-corrected chi connectivity index (χ0v) is 13.6. The molecule has 0 amide bonds. The molecule has 0 aromatic rings. The zero-order chi connectivity index (χ0) is 14.7. The Morgan fingerprint density at radius 3 is 2.42 bits per heavy atom. The maximum Gasteiger partial charge on any atom is 0.214 e. The van der Waals surface area contributed by atoms with Crippen molar-refractivity contribution in [3.05, 3.63) is 0 Å². The molecule has 0 heterocycles. The molecule has 0 aromatic carbocycles. The molecule has 5 nitrogen and oxygen atoms in total. The molecule has 0 aliphatic heterocycles. The van der Waals surface area contributed by atoms with Crippen molar-refractivity contribution < 1.29 is 13.2 Å². The first-order valence-corrected chi connectivity index (χ1v) is 8.83. The number of nitrogens with zero attached hydrogens (tertiary/aromatic N) is 1. The topological polar surface area (TPSA) is 58.6 Å². The zero-order valence-electron chi connectivity index (χ0n) is 12.8. The lowest BCUT2D eigenvalue weighted by Crippen LogP contribution is -2.35. The number of hydrogen-bond donors (Lipinski definition) is 1. The van der Waals surface area contributed by atoms with Crippen molar-refractivity contribution in [3.63, 3.8) is 0 Å². The molecule has 0 saturated heterocycles. The van der Waals surface area contributed by atoms with E-state index in [9.17, 15) is 8.42 Å². The van der Waals surface area contributed by atoms with Gasteiger partial charge in [0.2, 0.25) is 10.0 Å². The van der Waals surface area contributed by atoms with Crippen LogP contribution in [0.4, 0.5) is 0 Å². The summed E-state index contributed by atoms with van der Waals surface area (Å²) in [6, 6.07) is 0.454. The quantitative estimate of drug-likeness (QED) is 0.554. The van der Waals surface area contributed by atoms with Gasteiger partial charge in [-0.2, -0.15) is 4.31 Å². The first-order chi connectivity index (χ1) is 8.94. The SMILES string of the molecule is CCOCCN(CC)S(=O)(=O)CCCCNC(C)C. The van der Waals surface area contributed by atoms with Crippen LogP contribution in [0, 0.1) is 0 Å². The molecular formula is C13H30N2O3S. The molecule has 0 atom stereocenters. The third-order valence-corrected chi connectivity index (χ3v) is 4.85. The molecule has 0 fully saturated rings. The number of likely N-dealkylation sites (N-methyl/N-ethyl adjacent to an activating group) is 1. The molecule has 19 heavy (non-hydrogen) atoms. The van der Waals surface area contributed by atoms with Crippen LogP contribution in [0.1, 0.15) is 40.5 Å². The van der Waals surface area contributed by atoms with E-state index in [1.54, 1.807) is 0 Å². The molecule has 0 unspecified atom stereocenters. The van der Waals surface area contributed by atoms with E-state index >= 15 is 0 Å². The molecule has 6 heteroatoms. The minimum atomic E-state index is -3.13. The molecule has 0 radical (unpaired) electrons. The molecular weight excluding hydrogens is 264 g/mol. The predicted octanol–water partition coefficient (Wildman–Crippen LogP) is 1.45. The Morgan fingerprint density at radius 2 is 1.89 bits per heavy atom. The number of ether oxygens (including phenoxy) is 1. The van der Waals surface area contributed by atoms with E-state index in [-0.39, 0.29) is 5.75 Å². The summed E-state index contributed by atoms with van der Waals surface area (Å²) in [4.78, 5) is 0. The van der Waals surface area contributed by atoms with Gasteiger partial charge in [-0.15, -0.1) is 0 Å². The maximum atomic E-state index is 12.1. The van der Waals surface area contributed by atoms with Gasteiger partial charge < -0.3 is 10.1 Å². The van der Waals surface area contributed by atoms with Crippen LogP contribution in [0.3, 0.4) is 0 Å². The summed E-state index contributed by atoms with van der Waals surface area (Å²) in [5.74, 6) is 0.229. The van der Waals surface area contributed by atoms with Crippen LogP contribution >= 0.6 is 0 Å². The lowest BCUT2D eigenvalue weighted by molar-refractivity contribution is 0.135. The van der Waals surface area contributed by atoms with E-state index in [0.29, 0.717) is 38.8 Å². The summed E-state index contributed by atoms with van der Waals surface area (Å²) in [6.07, 6.45) is 1.59. The van der Waals surface area contributed by atoms with Gasteiger partial charge in [-0.1, -0.05) is 20.8 Å². The molecule has 0 bridgehead atoms. The Kier molecular flexibility index (Phi) is 10.5. The van der Waals surface area contributed by atoms with Crippen molar-refractivity contribution in [2.75, 3.05) is 38.6 Å². The van der Waals surface area contributed by atoms with Gasteiger partial charge in [0.1, 0.15) is 0 Å². The summed E-state index contributed by atoms with van der Waals surface area (Å²) in [7, 11) is -3.13. The highest BCUT2D eigenvalue weighted by Crippen LogP contribution is 2.04. The van der Waals surface area contributed by atoms with E-state index in [1.807, 2.05) is 13.8 Å². The standard InChI is InChI=1S/C13H30N2O3S/c1-5-15(10-11-18-6-2)19(16,17)12-8-7-9-14-13(3)4/h13-14H,5-12H2,1-4H3. The van der Waals surface area contributed by atoms with Crippen LogP contribution in [0.15, 0.2) is 0 Å². The van der Waals surface area contributed by atoms with Crippen LogP contribution in [-0.2, 0) is 14.8 Å². The van der Waals surface area contributed by atoms with Crippen LogP contribution in [0.25, 0.3) is 0 Å². The Bertz CT molecular complexity index is 305. The minimum absolute atomic E-state index is 0.229. The van der Waals surface area contributed by atoms with Gasteiger partial charge in [-0.3, -0.25) is 0 Å². The Hall–Kier alpha value is -0.170. The molecule has 0 spiro atoms. The summed E-state index contributed by atoms with van der Waals surface area (Å²) in [5.41, 5.74) is 0. The molecule has 1 N–H and O–H groups in total. The molecule has 0 rings (SSSR count). The third-order valence-electron chi connectivity index (χ3n) is 2.82. The van der Waals surface area contributed by atoms with Crippen molar-refractivity contribution in [3.8, 4) is 0 Å². The fraction of sp³-hybridized carbons (Fsp3) is 1.00. The summed E-state index contributed by atoms with van der Waals surface area (Å²) >= 11 is 0. The van der Waals surface area contributed by atoms with Crippen LogP contribution < -0.4 is 5.32 Å². The fourth-order valence-electron chi connectivity index (χ4n) is 1.73. The second kappa shape index (κ2) is 10.6. The van der Waals surface area contributed by atoms with Crippen molar-refractivity contribution >= 4 is 10.0 Å². The van der Waals surface area contributed by atoms with Crippen LogP contribution in [0.5, 0.6) is 0 Å². The highest BCUT2D eigenvalue weighted by Gasteiger charge is 2.19. The molecule has 0 aliphatic carbocycles. The average Bonchev–Trinajstić information content (AvgIpc) is 2.33. The summed E-state index contributed by atoms with van der Waals surface area (Å²) < 4.78 is 30.9. The molecule has 116 valence electrons. The molecule has 0 saturated carbocycles. The Labute approximate surface area is 118 Å². The van der Waals surface area contributed by atoms with E-state index in [1.165, 1.54) is 4.31 Å². The summed E-state index contributed by atoms with van der Waals surface area (Å²) in [6.45, 7) is 10.9. The maximum absolute atomic E-state index is 12.1. The predicted molar refractivity (Wildman–Crippen MR) is 79.9 cm³/mol. The molecule has 0 aliphatic rings. The van der Waals surface area contributed by atoms with Crippen molar-refractivity contribution in [1.82, 2.24) is 9.62 Å². The molecule has 0 aromatic heterocycles. The Balaban J connectivity index is 3.98. The number of unbranched alkanes of at least 4 members (excludes halogenated alkanes) is 1. The van der Waals surface area contributed by atoms with Gasteiger partial charge in [0.25, 0.3) is 0 Å². The second-order valence-electron chi connectivity index (χ2n) is 4.82. The monoisotopic (exact) mass is 294 g/mol. The van der Waals surface area contributed by atoms with Crippen molar-refractivity contribution in [1.29, 1.82) is 0 Å². The van der Waals surface area contributed by atoms with E-state index < -0.39 is 10.0 Å². The van der Waals surface area contributed by atoms with Gasteiger partial charge in [-0.25, -0.2) is 8.42 Å². The van der Waals surface area contributed by atoms with E-state index in [4.69, 9.17) is 4.74 Å². The third kappa shape index (κ3) is 9.38. The van der Waals surface area contributed by atoms with Gasteiger partial charge in [-0.05, 0) is 26.3 Å². The lowest BCUT2D eigenvalue weighted by Gasteiger charge is -2.20. The van der Waals surface area contributed by atoms with Crippen molar-refractivity contribution in [2.45, 2.75) is 46.6 Å². The van der Waals surface area contributed by atoms with Gasteiger partial charge in [0, 0.05) is 25.7 Å². The van der Waals surface area contributed by atoms with E-state index in [0.717, 1.165) is 13.0 Å². The number of sulfonamides is 1.